The van der Waals surface area contributed by atoms with E-state index in [4.69, 9.17) is 25.7 Å². The first-order valence-corrected chi connectivity index (χ1v) is 17.6. The molecule has 2 aromatic carbocycles. The van der Waals surface area contributed by atoms with Crippen molar-refractivity contribution in [2.45, 2.75) is 82.4 Å². The van der Waals surface area contributed by atoms with E-state index in [1.165, 1.54) is 0 Å². The molecule has 7 heterocycles. The summed E-state index contributed by atoms with van der Waals surface area (Å²) in [6, 6.07) is 12.2. The molecule has 1 amide bonds. The van der Waals surface area contributed by atoms with Crippen molar-refractivity contribution in [3.63, 3.8) is 0 Å². The highest BCUT2D eigenvalue weighted by Crippen LogP contribution is 2.42. The average molecular weight is 707 g/mol. The standard InChI is InChI=1S/C36H37ClF2N6O5/c1-20-18-43-14-12-26(20)45-27-15-21(37)10-11-25(27)40-35(45)49-23-16-22(17-30(47)48)44(19-23)33-32-31(24-7-4-5-8-28(24)50-32)41-34(42-33)36(38,39)13-6-2-3-9-29(43)46/h4-5,7-8,10-11,15,20,22-23,26H,2-3,6,9,12-14,16-19H2,1H3,(H,47,48)/t20-,22-,23-,26-/m0/s1. The Hall–Kier alpha value is -4.52. The first-order chi connectivity index (χ1) is 24.1. The summed E-state index contributed by atoms with van der Waals surface area (Å²) in [4.78, 5) is 42.7. The molecule has 4 aliphatic heterocycles. The van der Waals surface area contributed by atoms with Gasteiger partial charge in [-0.1, -0.05) is 37.1 Å². The molecule has 14 heteroatoms. The monoisotopic (exact) mass is 706 g/mol. The zero-order valence-corrected chi connectivity index (χ0v) is 28.3. The van der Waals surface area contributed by atoms with Crippen LogP contribution in [0.5, 0.6) is 6.01 Å². The van der Waals surface area contributed by atoms with Crippen molar-refractivity contribution < 1.29 is 32.6 Å². The van der Waals surface area contributed by atoms with Crippen molar-refractivity contribution in [2.75, 3.05) is 24.5 Å². The minimum Gasteiger partial charge on any atom is -0.481 e. The maximum atomic E-state index is 16.0. The zero-order valence-electron chi connectivity index (χ0n) is 27.5. The van der Waals surface area contributed by atoms with Crippen molar-refractivity contribution in [1.29, 1.82) is 0 Å². The molecule has 11 nitrogen and oxygen atoms in total. The van der Waals surface area contributed by atoms with Crippen LogP contribution in [0.25, 0.3) is 33.1 Å². The topological polar surface area (TPSA) is 127 Å². The Morgan fingerprint density at radius 2 is 1.94 bits per heavy atom. The lowest BCUT2D eigenvalue weighted by Gasteiger charge is -2.38. The van der Waals surface area contributed by atoms with Gasteiger partial charge in [0.05, 0.1) is 24.0 Å². The van der Waals surface area contributed by atoms with Gasteiger partial charge in [-0.25, -0.2) is 9.97 Å². The lowest BCUT2D eigenvalue weighted by Crippen LogP contribution is -2.43. The number of imidazole rings is 1. The van der Waals surface area contributed by atoms with Gasteiger partial charge in [-0.15, -0.1) is 0 Å². The lowest BCUT2D eigenvalue weighted by molar-refractivity contribution is -0.137. The van der Waals surface area contributed by atoms with E-state index < -0.39 is 36.3 Å². The van der Waals surface area contributed by atoms with E-state index in [0.717, 1.165) is 5.52 Å². The quantitative estimate of drug-likeness (QED) is 0.201. The van der Waals surface area contributed by atoms with Crippen LogP contribution < -0.4 is 9.64 Å². The van der Waals surface area contributed by atoms with Crippen molar-refractivity contribution >= 4 is 62.4 Å². The second kappa shape index (κ2) is 12.7. The highest BCUT2D eigenvalue weighted by Gasteiger charge is 2.42. The van der Waals surface area contributed by atoms with E-state index in [0.29, 0.717) is 59.9 Å². The molecule has 50 heavy (non-hydrogen) atoms. The fourth-order valence-corrected chi connectivity index (χ4v) is 8.12. The normalized spacial score (nSPS) is 24.5. The van der Waals surface area contributed by atoms with Crippen LogP contribution in [0.4, 0.5) is 14.6 Å². The van der Waals surface area contributed by atoms with Crippen molar-refractivity contribution in [1.82, 2.24) is 24.4 Å². The number of piperidine rings is 1. The number of carboxylic acid groups (broad SMARTS) is 1. The van der Waals surface area contributed by atoms with Gasteiger partial charge in [0.1, 0.15) is 17.2 Å². The second-order valence-electron chi connectivity index (χ2n) is 13.9. The number of aliphatic carboxylic acids is 1. The van der Waals surface area contributed by atoms with Crippen LogP contribution in [0.2, 0.25) is 5.02 Å². The predicted octanol–water partition coefficient (Wildman–Crippen LogP) is 7.35. The number of furan rings is 1. The summed E-state index contributed by atoms with van der Waals surface area (Å²) in [6.07, 6.45) is 1.03. The molecule has 1 N–H and O–H groups in total. The number of anilines is 1. The summed E-state index contributed by atoms with van der Waals surface area (Å²) in [7, 11) is 0. The molecule has 2 fully saturated rings. The lowest BCUT2D eigenvalue weighted by atomic mass is 9.93. The molecule has 6 bridgehead atoms. The molecular weight excluding hydrogens is 670 g/mol. The van der Waals surface area contributed by atoms with E-state index in [2.05, 4.69) is 21.5 Å². The minimum atomic E-state index is -3.38. The minimum absolute atomic E-state index is 0.0206. The number of alkyl halides is 2. The average Bonchev–Trinajstić information content (AvgIpc) is 3.76. The number of halogens is 3. The van der Waals surface area contributed by atoms with Crippen LogP contribution in [0.1, 0.15) is 70.2 Å². The highest BCUT2D eigenvalue weighted by molar-refractivity contribution is 6.31. The Bertz CT molecular complexity index is 2120. The number of hydrogen-bond acceptors (Lipinski definition) is 8. The van der Waals surface area contributed by atoms with Gasteiger partial charge in [0.15, 0.2) is 11.4 Å². The molecule has 0 radical (unpaired) electrons. The summed E-state index contributed by atoms with van der Waals surface area (Å²) in [5.41, 5.74) is 2.41. The van der Waals surface area contributed by atoms with Crippen molar-refractivity contribution in [2.24, 2.45) is 5.92 Å². The number of carbonyl (C=O) groups is 2. The van der Waals surface area contributed by atoms with Crippen molar-refractivity contribution in [3.8, 4) is 6.01 Å². The zero-order chi connectivity index (χ0) is 34.7. The number of carbonyl (C=O) groups excluding carboxylic acids is 1. The van der Waals surface area contributed by atoms with E-state index >= 15 is 8.78 Å². The molecule has 262 valence electrons. The first-order valence-electron chi connectivity index (χ1n) is 17.2. The molecular formula is C36H37ClF2N6O5. The van der Waals surface area contributed by atoms with Crippen LogP contribution in [0.15, 0.2) is 46.9 Å². The molecule has 0 aliphatic carbocycles. The molecule has 3 aromatic heterocycles. The van der Waals surface area contributed by atoms with Crippen LogP contribution in [0.3, 0.4) is 0 Å². The summed E-state index contributed by atoms with van der Waals surface area (Å²) < 4.78 is 46.9. The van der Waals surface area contributed by atoms with Gasteiger partial charge in [-0.2, -0.15) is 13.8 Å². The Morgan fingerprint density at radius 1 is 1.10 bits per heavy atom. The van der Waals surface area contributed by atoms with Crippen molar-refractivity contribution in [3.05, 3.63) is 53.3 Å². The predicted molar refractivity (Wildman–Crippen MR) is 183 cm³/mol. The largest absolute Gasteiger partial charge is 0.481 e. The molecule has 4 aliphatic rings. The highest BCUT2D eigenvalue weighted by atomic mass is 35.5. The van der Waals surface area contributed by atoms with Gasteiger partial charge < -0.3 is 24.1 Å². The van der Waals surface area contributed by atoms with Gasteiger partial charge in [-0.05, 0) is 55.5 Å². The third kappa shape index (κ3) is 5.88. The Balaban J connectivity index is 1.26. The van der Waals surface area contributed by atoms with E-state index in [-0.39, 0.29) is 67.0 Å². The van der Waals surface area contributed by atoms with E-state index in [9.17, 15) is 14.7 Å². The van der Waals surface area contributed by atoms with Crippen LogP contribution in [-0.4, -0.2) is 73.2 Å². The maximum Gasteiger partial charge on any atom is 0.306 e. The maximum absolute atomic E-state index is 16.0. The fraction of sp³-hybridized carbons (Fsp3) is 0.472. The molecule has 0 unspecified atom stereocenters. The number of aromatic nitrogens is 4. The molecule has 5 aromatic rings. The number of amides is 1. The molecule has 9 rings (SSSR count). The van der Waals surface area contributed by atoms with Gasteiger partial charge in [0.25, 0.3) is 6.01 Å². The van der Waals surface area contributed by atoms with Crippen LogP contribution in [-0.2, 0) is 15.5 Å². The Morgan fingerprint density at radius 3 is 2.76 bits per heavy atom. The number of fused-ring (bicyclic) bond motifs is 12. The molecule has 4 atom stereocenters. The molecule has 0 spiro atoms. The summed E-state index contributed by atoms with van der Waals surface area (Å²) in [5.74, 6) is -4.88. The second-order valence-corrected chi connectivity index (χ2v) is 14.3. The number of carboxylic acids is 1. The van der Waals surface area contributed by atoms with Gasteiger partial charge in [0, 0.05) is 54.8 Å². The van der Waals surface area contributed by atoms with E-state index in [1.807, 2.05) is 17.0 Å². The number of hydrogen-bond donors (Lipinski definition) is 1. The Labute approximate surface area is 291 Å². The number of ether oxygens (including phenoxy) is 1. The van der Waals surface area contributed by atoms with Crippen LogP contribution >= 0.6 is 11.6 Å². The molecule has 0 saturated carbocycles. The van der Waals surface area contributed by atoms with E-state index in [1.54, 1.807) is 35.2 Å². The number of rotatable bonds is 2. The van der Waals surface area contributed by atoms with Crippen LogP contribution in [0, 0.1) is 5.92 Å². The fourth-order valence-electron chi connectivity index (χ4n) is 7.96. The SMILES string of the molecule is C[C@H]1CN2CC[C@@H]1n1c(nc3ccc(Cl)cc31)O[C@H]1C[C@@H](CC(=O)O)N(C1)c1nc(nc3c1oc1ccccc13)C(F)(F)CCCCCC2=O. The third-order valence-corrected chi connectivity index (χ3v) is 10.6. The summed E-state index contributed by atoms with van der Waals surface area (Å²) in [6.45, 7) is 3.34. The number of benzene rings is 2. The molecule has 2 saturated heterocycles. The van der Waals surface area contributed by atoms with Gasteiger partial charge in [0.2, 0.25) is 11.7 Å². The number of para-hydroxylation sites is 1. The summed E-state index contributed by atoms with van der Waals surface area (Å²) in [5, 5.41) is 11.1. The summed E-state index contributed by atoms with van der Waals surface area (Å²) >= 11 is 6.47. The van der Waals surface area contributed by atoms with Gasteiger partial charge in [-0.3, -0.25) is 14.2 Å². The smallest absolute Gasteiger partial charge is 0.306 e. The number of nitrogens with zero attached hydrogens (tertiary/aromatic N) is 6. The van der Waals surface area contributed by atoms with Gasteiger partial charge >= 0.3 is 11.9 Å². The first kappa shape index (κ1) is 32.7. The Kier molecular flexibility index (Phi) is 8.28. The third-order valence-electron chi connectivity index (χ3n) is 10.4.